The van der Waals surface area contributed by atoms with Crippen molar-refractivity contribution in [3.63, 3.8) is 0 Å². The number of hydrogen-bond acceptors (Lipinski definition) is 4. The largest absolute Gasteiger partial charge is 0.481 e. The molecule has 0 amide bonds. The van der Waals surface area contributed by atoms with Crippen molar-refractivity contribution in [2.45, 2.75) is 12.8 Å². The van der Waals surface area contributed by atoms with Crippen molar-refractivity contribution in [3.05, 3.63) is 30.1 Å². The number of rotatable bonds is 4. The summed E-state index contributed by atoms with van der Waals surface area (Å²) in [6.07, 6.45) is 3.21. The van der Waals surface area contributed by atoms with Gasteiger partial charge in [-0.3, -0.25) is 9.78 Å². The number of carbonyl (C=O) groups is 1. The third-order valence-corrected chi connectivity index (χ3v) is 5.29. The Kier molecular flexibility index (Phi) is 3.86. The van der Waals surface area contributed by atoms with Crippen molar-refractivity contribution in [2.75, 3.05) is 18.8 Å². The zero-order chi connectivity index (χ0) is 14.0. The van der Waals surface area contributed by atoms with Gasteiger partial charge in [-0.15, -0.1) is 0 Å². The fourth-order valence-corrected chi connectivity index (χ4v) is 3.50. The van der Waals surface area contributed by atoms with Crippen LogP contribution in [0.5, 0.6) is 0 Å². The van der Waals surface area contributed by atoms with E-state index in [0.717, 1.165) is 5.56 Å². The Balaban J connectivity index is 2.31. The molecule has 1 saturated heterocycles. The molecule has 0 aliphatic carbocycles. The highest BCUT2D eigenvalue weighted by molar-refractivity contribution is 7.89. The van der Waals surface area contributed by atoms with Crippen LogP contribution in [0.1, 0.15) is 18.4 Å². The Labute approximate surface area is 112 Å². The van der Waals surface area contributed by atoms with Crippen molar-refractivity contribution >= 4 is 16.0 Å². The summed E-state index contributed by atoms with van der Waals surface area (Å²) < 4.78 is 25.0. The third-order valence-electron chi connectivity index (χ3n) is 3.47. The Morgan fingerprint density at radius 3 is 2.79 bits per heavy atom. The molecular weight excluding hydrogens is 268 g/mol. The summed E-state index contributed by atoms with van der Waals surface area (Å²) in [6.45, 7) is 1.80. The molecule has 0 radical (unpaired) electrons. The normalized spacial score (nSPS) is 24.5. The average Bonchev–Trinajstić information content (AvgIpc) is 2.85. The van der Waals surface area contributed by atoms with Crippen LogP contribution >= 0.6 is 0 Å². The van der Waals surface area contributed by atoms with Crippen molar-refractivity contribution in [1.82, 2.24) is 9.29 Å². The molecule has 0 spiro atoms. The highest BCUT2D eigenvalue weighted by Gasteiger charge is 2.42. The maximum Gasteiger partial charge on any atom is 0.308 e. The van der Waals surface area contributed by atoms with Gasteiger partial charge in [0.2, 0.25) is 10.0 Å². The number of aromatic nitrogens is 1. The van der Waals surface area contributed by atoms with Crippen LogP contribution in [-0.4, -0.2) is 47.6 Å². The van der Waals surface area contributed by atoms with Crippen LogP contribution in [-0.2, 0) is 14.8 Å². The number of sulfonamides is 1. The zero-order valence-corrected chi connectivity index (χ0v) is 11.4. The standard InChI is InChI=1S/C12H16N2O4S/c1-2-19(17,18)14-7-10(11(8-14)12(15)16)9-4-3-5-13-6-9/h3-6,10-11H,2,7-8H2,1H3,(H,15,16)/t10-,11+/m0/s1. The molecule has 0 aromatic carbocycles. The minimum atomic E-state index is -3.36. The van der Waals surface area contributed by atoms with Gasteiger partial charge in [-0.2, -0.15) is 0 Å². The summed E-state index contributed by atoms with van der Waals surface area (Å²) in [7, 11) is -3.36. The van der Waals surface area contributed by atoms with E-state index in [4.69, 9.17) is 0 Å². The third kappa shape index (κ3) is 2.76. The highest BCUT2D eigenvalue weighted by Crippen LogP contribution is 2.33. The molecule has 1 aromatic heterocycles. The molecule has 1 aromatic rings. The maximum atomic E-state index is 11.9. The Bertz CT molecular complexity index is 558. The molecule has 1 fully saturated rings. The molecule has 0 saturated carbocycles. The van der Waals surface area contributed by atoms with Gasteiger partial charge >= 0.3 is 5.97 Å². The fourth-order valence-electron chi connectivity index (χ4n) is 2.36. The first kappa shape index (κ1) is 14.0. The molecule has 7 heteroatoms. The minimum Gasteiger partial charge on any atom is -0.481 e. The second kappa shape index (κ2) is 5.26. The van der Waals surface area contributed by atoms with Gasteiger partial charge in [0.15, 0.2) is 0 Å². The van der Waals surface area contributed by atoms with Crippen LogP contribution in [0.3, 0.4) is 0 Å². The van der Waals surface area contributed by atoms with Gasteiger partial charge in [-0.05, 0) is 18.6 Å². The summed E-state index contributed by atoms with van der Waals surface area (Å²) in [5, 5.41) is 9.26. The van der Waals surface area contributed by atoms with E-state index in [2.05, 4.69) is 4.98 Å². The van der Waals surface area contributed by atoms with E-state index in [9.17, 15) is 18.3 Å². The van der Waals surface area contributed by atoms with E-state index >= 15 is 0 Å². The van der Waals surface area contributed by atoms with Crippen molar-refractivity contribution in [2.24, 2.45) is 5.92 Å². The molecule has 2 atom stereocenters. The lowest BCUT2D eigenvalue weighted by atomic mass is 9.90. The Morgan fingerprint density at radius 1 is 1.53 bits per heavy atom. The molecule has 1 aliphatic rings. The summed E-state index contributed by atoms with van der Waals surface area (Å²) >= 11 is 0. The highest BCUT2D eigenvalue weighted by atomic mass is 32.2. The quantitative estimate of drug-likeness (QED) is 0.871. The molecule has 104 valence electrons. The Morgan fingerprint density at radius 2 is 2.26 bits per heavy atom. The molecule has 0 bridgehead atoms. The van der Waals surface area contributed by atoms with Gasteiger partial charge in [0, 0.05) is 31.4 Å². The molecule has 1 N–H and O–H groups in total. The summed E-state index contributed by atoms with van der Waals surface area (Å²) in [5.74, 6) is -2.04. The molecular formula is C12H16N2O4S. The molecule has 19 heavy (non-hydrogen) atoms. The van der Waals surface area contributed by atoms with Crippen LogP contribution in [0.4, 0.5) is 0 Å². The first-order valence-corrected chi connectivity index (χ1v) is 7.67. The monoisotopic (exact) mass is 284 g/mol. The van der Waals surface area contributed by atoms with E-state index in [1.807, 2.05) is 0 Å². The van der Waals surface area contributed by atoms with Crippen LogP contribution in [0.2, 0.25) is 0 Å². The van der Waals surface area contributed by atoms with E-state index in [1.165, 1.54) is 4.31 Å². The summed E-state index contributed by atoms with van der Waals surface area (Å²) in [5.41, 5.74) is 0.767. The smallest absolute Gasteiger partial charge is 0.308 e. The molecule has 6 nitrogen and oxygen atoms in total. The number of aliphatic carboxylic acids is 1. The van der Waals surface area contributed by atoms with E-state index in [0.29, 0.717) is 0 Å². The van der Waals surface area contributed by atoms with E-state index < -0.39 is 21.9 Å². The van der Waals surface area contributed by atoms with Gasteiger partial charge in [-0.1, -0.05) is 6.07 Å². The van der Waals surface area contributed by atoms with Gasteiger partial charge in [-0.25, -0.2) is 12.7 Å². The second-order valence-corrected chi connectivity index (χ2v) is 6.81. The van der Waals surface area contributed by atoms with Crippen LogP contribution in [0.25, 0.3) is 0 Å². The fraction of sp³-hybridized carbons (Fsp3) is 0.500. The van der Waals surface area contributed by atoms with Crippen molar-refractivity contribution in [1.29, 1.82) is 0 Å². The van der Waals surface area contributed by atoms with Gasteiger partial charge < -0.3 is 5.11 Å². The minimum absolute atomic E-state index is 0.0148. The van der Waals surface area contributed by atoms with Gasteiger partial charge in [0.1, 0.15) is 0 Å². The molecule has 2 heterocycles. The molecule has 0 unspecified atom stereocenters. The van der Waals surface area contributed by atoms with Gasteiger partial charge in [0.25, 0.3) is 0 Å². The lowest BCUT2D eigenvalue weighted by Crippen LogP contribution is -2.31. The molecule has 1 aliphatic heterocycles. The predicted octanol–water partition coefficient (Wildman–Crippen LogP) is 0.531. The average molecular weight is 284 g/mol. The first-order chi connectivity index (χ1) is 8.95. The summed E-state index contributed by atoms with van der Waals surface area (Å²) in [4.78, 5) is 15.3. The topological polar surface area (TPSA) is 87.6 Å². The van der Waals surface area contributed by atoms with Crippen molar-refractivity contribution < 1.29 is 18.3 Å². The number of nitrogens with zero attached hydrogens (tertiary/aromatic N) is 2. The lowest BCUT2D eigenvalue weighted by molar-refractivity contribution is -0.141. The van der Waals surface area contributed by atoms with Crippen LogP contribution in [0.15, 0.2) is 24.5 Å². The van der Waals surface area contributed by atoms with E-state index in [1.54, 1.807) is 31.5 Å². The number of pyridine rings is 1. The second-order valence-electron chi connectivity index (χ2n) is 4.56. The van der Waals surface area contributed by atoms with E-state index in [-0.39, 0.29) is 24.8 Å². The maximum absolute atomic E-state index is 11.9. The predicted molar refractivity (Wildman–Crippen MR) is 69.1 cm³/mol. The lowest BCUT2D eigenvalue weighted by Gasteiger charge is -2.15. The Hall–Kier alpha value is -1.47. The SMILES string of the molecule is CCS(=O)(=O)N1C[C@@H](C(=O)O)[C@H](c2cccnc2)C1. The van der Waals surface area contributed by atoms with Crippen molar-refractivity contribution in [3.8, 4) is 0 Å². The molecule has 2 rings (SSSR count). The number of carboxylic acids is 1. The number of hydrogen-bond donors (Lipinski definition) is 1. The number of carboxylic acid groups (broad SMARTS) is 1. The van der Waals surface area contributed by atoms with Crippen LogP contribution < -0.4 is 0 Å². The van der Waals surface area contributed by atoms with Crippen LogP contribution in [0, 0.1) is 5.92 Å². The van der Waals surface area contributed by atoms with Gasteiger partial charge in [0.05, 0.1) is 11.7 Å². The first-order valence-electron chi connectivity index (χ1n) is 6.06. The zero-order valence-electron chi connectivity index (χ0n) is 10.6. The summed E-state index contributed by atoms with van der Waals surface area (Å²) in [6, 6.07) is 3.51.